The fourth-order valence-corrected chi connectivity index (χ4v) is 12.2. The van der Waals surface area contributed by atoms with Gasteiger partial charge >= 0.3 is 39.5 Å². The second-order valence-corrected chi connectivity index (χ2v) is 29.1. The molecule has 0 aromatic carbocycles. The van der Waals surface area contributed by atoms with E-state index < -0.39 is 97.5 Å². The summed E-state index contributed by atoms with van der Waals surface area (Å²) in [7, 11) is -9.89. The molecule has 5 atom stereocenters. The molecular formula is C70H136O17P2. The van der Waals surface area contributed by atoms with Gasteiger partial charge in [0.05, 0.1) is 26.4 Å². The Morgan fingerprint density at radius 2 is 0.517 bits per heavy atom. The van der Waals surface area contributed by atoms with Gasteiger partial charge in [-0.15, -0.1) is 0 Å². The predicted octanol–water partition coefficient (Wildman–Crippen LogP) is 20.0. The molecule has 19 heteroatoms. The highest BCUT2D eigenvalue weighted by atomic mass is 31.2. The molecule has 528 valence electrons. The second kappa shape index (κ2) is 62.2. The number of rotatable bonds is 69. The molecule has 0 fully saturated rings. The first-order valence-corrected chi connectivity index (χ1v) is 39.5. The summed E-state index contributed by atoms with van der Waals surface area (Å²) in [5.74, 6) is -0.661. The number of aliphatic hydroxyl groups excluding tert-OH is 1. The van der Waals surface area contributed by atoms with Crippen molar-refractivity contribution in [2.24, 2.45) is 11.8 Å². The van der Waals surface area contributed by atoms with Crippen molar-refractivity contribution in [1.29, 1.82) is 0 Å². The van der Waals surface area contributed by atoms with Crippen LogP contribution in [0.5, 0.6) is 0 Å². The minimum atomic E-state index is -4.95. The maximum Gasteiger partial charge on any atom is 0.472 e. The maximum atomic E-state index is 13.0. The van der Waals surface area contributed by atoms with E-state index in [-0.39, 0.29) is 25.7 Å². The number of phosphoric acid groups is 2. The molecule has 0 aliphatic heterocycles. The number of carbonyl (C=O) groups is 4. The highest BCUT2D eigenvalue weighted by Gasteiger charge is 2.30. The zero-order valence-corrected chi connectivity index (χ0v) is 59.5. The van der Waals surface area contributed by atoms with Gasteiger partial charge in [0.15, 0.2) is 12.2 Å². The monoisotopic (exact) mass is 1310 g/mol. The number of phosphoric ester groups is 2. The zero-order chi connectivity index (χ0) is 65.7. The van der Waals surface area contributed by atoms with Crippen molar-refractivity contribution >= 4 is 39.5 Å². The van der Waals surface area contributed by atoms with Gasteiger partial charge in [-0.05, 0) is 37.5 Å². The average Bonchev–Trinajstić information content (AvgIpc) is 3.52. The van der Waals surface area contributed by atoms with Crippen LogP contribution in [-0.2, 0) is 65.4 Å². The third-order valence-corrected chi connectivity index (χ3v) is 18.1. The van der Waals surface area contributed by atoms with Crippen LogP contribution in [0.2, 0.25) is 0 Å². The van der Waals surface area contributed by atoms with Crippen LogP contribution in [0.25, 0.3) is 0 Å². The quantitative estimate of drug-likeness (QED) is 0.0222. The van der Waals surface area contributed by atoms with E-state index in [9.17, 15) is 43.2 Å². The summed E-state index contributed by atoms with van der Waals surface area (Å²) in [6, 6.07) is 0. The topological polar surface area (TPSA) is 237 Å². The number of hydrogen-bond acceptors (Lipinski definition) is 15. The lowest BCUT2D eigenvalue weighted by Gasteiger charge is -2.21. The Kier molecular flexibility index (Phi) is 60.8. The number of hydrogen-bond donors (Lipinski definition) is 3. The molecule has 0 rings (SSSR count). The number of carbonyl (C=O) groups excluding carboxylic acids is 4. The standard InChI is InChI=1S/C70H136O17P2/c1-7-9-11-13-14-15-16-17-18-19-20-21-22-23-24-25-30-36-42-48-54-69(74)87-66(59-81-68(73)53-47-41-35-29-27-26-28-33-39-44-50-62(3)4)61-85-89(78,79)83-57-64(71)56-82-88(76,77)84-60-65(58-80-67(72)52-46-38-12-10-8-2)86-70(75)55-49-43-37-32-31-34-40-45-51-63(5)6/h62-66,71H,7-61H2,1-6H3,(H,76,77)(H,78,79)/t64-,65+,66+/m0/s1. The molecule has 0 aromatic rings. The van der Waals surface area contributed by atoms with Gasteiger partial charge in [-0.25, -0.2) is 9.13 Å². The first kappa shape index (κ1) is 87.1. The van der Waals surface area contributed by atoms with E-state index in [1.54, 1.807) is 0 Å². The van der Waals surface area contributed by atoms with Crippen molar-refractivity contribution in [1.82, 2.24) is 0 Å². The highest BCUT2D eigenvalue weighted by Crippen LogP contribution is 2.45. The zero-order valence-electron chi connectivity index (χ0n) is 57.7. The Hall–Kier alpha value is -1.94. The van der Waals surface area contributed by atoms with Crippen molar-refractivity contribution in [3.8, 4) is 0 Å². The average molecular weight is 1310 g/mol. The summed E-state index contributed by atoms with van der Waals surface area (Å²) in [6.07, 6.45) is 47.8. The van der Waals surface area contributed by atoms with Crippen molar-refractivity contribution in [3.63, 3.8) is 0 Å². The molecule has 0 aromatic heterocycles. The van der Waals surface area contributed by atoms with Gasteiger partial charge in [-0.2, -0.15) is 0 Å². The molecule has 89 heavy (non-hydrogen) atoms. The number of esters is 4. The summed E-state index contributed by atoms with van der Waals surface area (Å²) in [4.78, 5) is 72.2. The van der Waals surface area contributed by atoms with Crippen LogP contribution in [0.4, 0.5) is 0 Å². The minimum Gasteiger partial charge on any atom is -0.462 e. The number of aliphatic hydroxyl groups is 1. The summed E-state index contributed by atoms with van der Waals surface area (Å²) in [6.45, 7) is 9.41. The summed E-state index contributed by atoms with van der Waals surface area (Å²) in [5.41, 5.74) is 0. The first-order valence-electron chi connectivity index (χ1n) is 36.5. The molecule has 0 bridgehead atoms. The number of ether oxygens (including phenoxy) is 4. The van der Waals surface area contributed by atoms with E-state index in [1.807, 2.05) is 0 Å². The van der Waals surface area contributed by atoms with Crippen LogP contribution in [0.15, 0.2) is 0 Å². The van der Waals surface area contributed by atoms with Gasteiger partial charge < -0.3 is 33.8 Å². The molecule has 2 unspecified atom stereocenters. The fraction of sp³-hybridized carbons (Fsp3) is 0.943. The van der Waals surface area contributed by atoms with Crippen LogP contribution in [0, 0.1) is 11.8 Å². The van der Waals surface area contributed by atoms with Gasteiger partial charge in [-0.3, -0.25) is 37.3 Å². The van der Waals surface area contributed by atoms with Gasteiger partial charge in [0.25, 0.3) is 0 Å². The molecule has 3 N–H and O–H groups in total. The van der Waals surface area contributed by atoms with Crippen molar-refractivity contribution < 1.29 is 80.2 Å². The van der Waals surface area contributed by atoms with Crippen molar-refractivity contribution in [3.05, 3.63) is 0 Å². The molecule has 0 heterocycles. The van der Waals surface area contributed by atoms with Crippen LogP contribution < -0.4 is 0 Å². The van der Waals surface area contributed by atoms with E-state index in [2.05, 4.69) is 41.5 Å². The van der Waals surface area contributed by atoms with E-state index >= 15 is 0 Å². The van der Waals surface area contributed by atoms with Crippen LogP contribution in [0.1, 0.15) is 356 Å². The third kappa shape index (κ3) is 64.6. The lowest BCUT2D eigenvalue weighted by Crippen LogP contribution is -2.30. The smallest absolute Gasteiger partial charge is 0.462 e. The third-order valence-electron chi connectivity index (χ3n) is 16.2. The predicted molar refractivity (Wildman–Crippen MR) is 358 cm³/mol. The Morgan fingerprint density at radius 3 is 0.764 bits per heavy atom. The van der Waals surface area contributed by atoms with E-state index in [0.717, 1.165) is 108 Å². The molecule has 0 aliphatic carbocycles. The Morgan fingerprint density at radius 1 is 0.303 bits per heavy atom. The largest absolute Gasteiger partial charge is 0.472 e. The van der Waals surface area contributed by atoms with Crippen molar-refractivity contribution in [2.45, 2.75) is 374 Å². The number of unbranched alkanes of at least 4 members (excludes halogenated alkanes) is 39. The van der Waals surface area contributed by atoms with Gasteiger partial charge in [0.2, 0.25) is 0 Å². The van der Waals surface area contributed by atoms with E-state index in [1.165, 1.54) is 167 Å². The lowest BCUT2D eigenvalue weighted by atomic mass is 10.0. The van der Waals surface area contributed by atoms with Gasteiger partial charge in [-0.1, -0.05) is 305 Å². The Bertz CT molecular complexity index is 1730. The lowest BCUT2D eigenvalue weighted by molar-refractivity contribution is -0.161. The summed E-state index contributed by atoms with van der Waals surface area (Å²) < 4.78 is 68.0. The molecule has 0 spiro atoms. The summed E-state index contributed by atoms with van der Waals surface area (Å²) >= 11 is 0. The van der Waals surface area contributed by atoms with Crippen LogP contribution in [0.3, 0.4) is 0 Å². The molecule has 0 saturated heterocycles. The SMILES string of the molecule is CCCCCCCCCCCCCCCCCCCCCCC(=O)O[C@H](COC(=O)CCCCCCCCCCCCC(C)C)COP(=O)(O)OC[C@@H](O)COP(=O)(O)OC[C@@H](COC(=O)CCCCCCC)OC(=O)CCCCCCCCCCC(C)C. The van der Waals surface area contributed by atoms with Crippen LogP contribution >= 0.6 is 15.6 Å². The molecule has 17 nitrogen and oxygen atoms in total. The highest BCUT2D eigenvalue weighted by molar-refractivity contribution is 7.47. The Labute approximate surface area is 543 Å². The van der Waals surface area contributed by atoms with Crippen molar-refractivity contribution in [2.75, 3.05) is 39.6 Å². The molecule has 0 saturated carbocycles. The van der Waals surface area contributed by atoms with E-state index in [0.29, 0.717) is 25.7 Å². The van der Waals surface area contributed by atoms with Gasteiger partial charge in [0.1, 0.15) is 19.3 Å². The Balaban J connectivity index is 5.13. The minimum absolute atomic E-state index is 0.104. The normalized spacial score (nSPS) is 14.1. The molecule has 0 radical (unpaired) electrons. The molecular weight excluding hydrogens is 1170 g/mol. The molecule has 0 aliphatic rings. The van der Waals surface area contributed by atoms with Crippen LogP contribution in [-0.4, -0.2) is 96.7 Å². The summed E-state index contributed by atoms with van der Waals surface area (Å²) in [5, 5.41) is 10.6. The first-order chi connectivity index (χ1) is 42.9. The maximum absolute atomic E-state index is 13.0. The second-order valence-electron chi connectivity index (χ2n) is 26.2. The fourth-order valence-electron chi connectivity index (χ4n) is 10.6. The molecule has 0 amide bonds. The van der Waals surface area contributed by atoms with Gasteiger partial charge in [0, 0.05) is 25.7 Å². The van der Waals surface area contributed by atoms with E-state index in [4.69, 9.17) is 37.0 Å².